The summed E-state index contributed by atoms with van der Waals surface area (Å²) in [5.74, 6) is 0.663. The van der Waals surface area contributed by atoms with E-state index in [2.05, 4.69) is 180 Å². The van der Waals surface area contributed by atoms with Crippen LogP contribution in [0.3, 0.4) is 0 Å². The Morgan fingerprint density at radius 3 is 1.82 bits per heavy atom. The molecule has 51 heavy (non-hydrogen) atoms. The second-order valence-corrected chi connectivity index (χ2v) is 13.3. The molecule has 1 aliphatic carbocycles. The fourth-order valence-electron chi connectivity index (χ4n) is 8.36. The number of aromatic nitrogens is 3. The average Bonchev–Trinajstić information content (AvgIpc) is 3.48. The molecule has 2 heterocycles. The van der Waals surface area contributed by atoms with Gasteiger partial charge in [-0.1, -0.05) is 152 Å². The van der Waals surface area contributed by atoms with Crippen LogP contribution in [0, 0.1) is 0 Å². The summed E-state index contributed by atoms with van der Waals surface area (Å²) >= 11 is 0. The summed E-state index contributed by atoms with van der Waals surface area (Å²) in [5.41, 5.74) is 14.8. The first-order valence-electron chi connectivity index (χ1n) is 17.4. The monoisotopic (exact) mass is 647 g/mol. The molecule has 10 aromatic rings. The highest BCUT2D eigenvalue weighted by molar-refractivity contribution is 6.29. The molecule has 236 valence electrons. The molecule has 11 rings (SSSR count). The van der Waals surface area contributed by atoms with E-state index in [1.807, 2.05) is 0 Å². The Kier molecular flexibility index (Phi) is 5.96. The van der Waals surface area contributed by atoms with Gasteiger partial charge in [0, 0.05) is 27.3 Å². The molecule has 3 heteroatoms. The molecule has 0 amide bonds. The zero-order valence-electron chi connectivity index (χ0n) is 27.6. The largest absolute Gasteiger partial charge is 0.278 e. The number of fused-ring (bicyclic) bond motifs is 3. The van der Waals surface area contributed by atoms with E-state index in [4.69, 9.17) is 9.97 Å². The van der Waals surface area contributed by atoms with Gasteiger partial charge in [0.25, 0.3) is 0 Å². The molecule has 0 radical (unpaired) electrons. The Morgan fingerprint density at radius 1 is 0.373 bits per heavy atom. The van der Waals surface area contributed by atoms with Crippen LogP contribution in [0.15, 0.2) is 176 Å². The number of benzene rings is 8. The van der Waals surface area contributed by atoms with E-state index in [9.17, 15) is 0 Å². The molecule has 0 saturated carbocycles. The average molecular weight is 648 g/mol. The number of rotatable bonds is 4. The molecule has 0 fully saturated rings. The van der Waals surface area contributed by atoms with Gasteiger partial charge in [0.2, 0.25) is 5.95 Å². The zero-order valence-corrected chi connectivity index (χ0v) is 27.6. The molecule has 3 nitrogen and oxygen atoms in total. The van der Waals surface area contributed by atoms with Crippen LogP contribution in [-0.4, -0.2) is 14.5 Å². The van der Waals surface area contributed by atoms with Gasteiger partial charge in [0.15, 0.2) is 0 Å². The molecule has 8 aromatic carbocycles. The van der Waals surface area contributed by atoms with Gasteiger partial charge in [-0.25, -0.2) is 9.97 Å². The van der Waals surface area contributed by atoms with Crippen molar-refractivity contribution in [3.05, 3.63) is 176 Å². The first-order valence-corrected chi connectivity index (χ1v) is 17.4. The summed E-state index contributed by atoms with van der Waals surface area (Å²) in [6, 6.07) is 63.1. The van der Waals surface area contributed by atoms with Crippen molar-refractivity contribution in [2.75, 3.05) is 0 Å². The summed E-state index contributed by atoms with van der Waals surface area (Å²) < 4.78 is 2.29. The molecule has 0 spiro atoms. The lowest BCUT2D eigenvalue weighted by atomic mass is 9.89. The smallest absolute Gasteiger partial charge is 0.235 e. The first kappa shape index (κ1) is 28.0. The normalized spacial score (nSPS) is 11.9. The van der Waals surface area contributed by atoms with Gasteiger partial charge in [-0.2, -0.15) is 0 Å². The lowest BCUT2D eigenvalue weighted by Gasteiger charge is -2.16. The van der Waals surface area contributed by atoms with Gasteiger partial charge >= 0.3 is 0 Å². The van der Waals surface area contributed by atoms with Crippen LogP contribution >= 0.6 is 0 Å². The Hall–Kier alpha value is -6.84. The van der Waals surface area contributed by atoms with E-state index in [0.29, 0.717) is 5.95 Å². The third-order valence-corrected chi connectivity index (χ3v) is 10.5. The highest BCUT2D eigenvalue weighted by Gasteiger charge is 2.28. The number of nitrogens with zero attached hydrogens (tertiary/aromatic N) is 3. The molecule has 1 aliphatic rings. The Labute approximate surface area is 294 Å². The fraction of sp³-hybridized carbons (Fsp3) is 0. The van der Waals surface area contributed by atoms with E-state index < -0.39 is 0 Å². The van der Waals surface area contributed by atoms with Crippen LogP contribution in [0.25, 0.3) is 105 Å². The van der Waals surface area contributed by atoms with Gasteiger partial charge in [0.05, 0.1) is 22.2 Å². The van der Waals surface area contributed by atoms with E-state index in [1.165, 1.54) is 60.5 Å². The van der Waals surface area contributed by atoms with Crippen LogP contribution in [0.4, 0.5) is 0 Å². The molecule has 0 atom stereocenters. The third-order valence-electron chi connectivity index (χ3n) is 10.5. The van der Waals surface area contributed by atoms with Crippen LogP contribution in [0.1, 0.15) is 0 Å². The molecule has 0 unspecified atom stereocenters. The summed E-state index contributed by atoms with van der Waals surface area (Å²) in [7, 11) is 0. The maximum atomic E-state index is 5.47. The third kappa shape index (κ3) is 4.12. The highest BCUT2D eigenvalue weighted by Crippen LogP contribution is 2.52. The SMILES string of the molecule is c1ccc(-c2cccc(-c3nc(-n4c5cccc6c5c5c(c(-c7ccccc7)ccc54)-c4cccc5cccc-6c45)nc4ccccc34)c2)cc1. The van der Waals surface area contributed by atoms with E-state index in [0.717, 1.165) is 38.8 Å². The summed E-state index contributed by atoms with van der Waals surface area (Å²) in [6.07, 6.45) is 0. The lowest BCUT2D eigenvalue weighted by Crippen LogP contribution is -2.04. The molecule has 0 bridgehead atoms. The van der Waals surface area contributed by atoms with Crippen LogP contribution in [0.5, 0.6) is 0 Å². The molecule has 0 saturated heterocycles. The van der Waals surface area contributed by atoms with Crippen molar-refractivity contribution >= 4 is 43.5 Å². The van der Waals surface area contributed by atoms with Crippen molar-refractivity contribution in [3.63, 3.8) is 0 Å². The van der Waals surface area contributed by atoms with E-state index in [1.54, 1.807) is 0 Å². The van der Waals surface area contributed by atoms with Gasteiger partial charge in [-0.05, 0) is 74.0 Å². The van der Waals surface area contributed by atoms with Crippen molar-refractivity contribution in [3.8, 4) is 61.7 Å². The Bertz CT molecular complexity index is 3010. The van der Waals surface area contributed by atoms with Crippen molar-refractivity contribution in [1.29, 1.82) is 0 Å². The molecular formula is C48H29N3. The van der Waals surface area contributed by atoms with Crippen molar-refractivity contribution in [1.82, 2.24) is 14.5 Å². The predicted molar refractivity (Wildman–Crippen MR) is 212 cm³/mol. The van der Waals surface area contributed by atoms with Crippen LogP contribution in [-0.2, 0) is 0 Å². The highest BCUT2D eigenvalue weighted by atomic mass is 15.2. The number of hydrogen-bond acceptors (Lipinski definition) is 2. The van der Waals surface area contributed by atoms with Gasteiger partial charge < -0.3 is 0 Å². The molecule has 0 aliphatic heterocycles. The summed E-state index contributed by atoms with van der Waals surface area (Å²) in [6.45, 7) is 0. The minimum absolute atomic E-state index is 0.663. The second kappa shape index (κ2) is 10.8. The van der Waals surface area contributed by atoms with Crippen molar-refractivity contribution in [2.24, 2.45) is 0 Å². The fourth-order valence-corrected chi connectivity index (χ4v) is 8.36. The second-order valence-electron chi connectivity index (χ2n) is 13.3. The minimum Gasteiger partial charge on any atom is -0.278 e. The van der Waals surface area contributed by atoms with E-state index in [-0.39, 0.29) is 0 Å². The maximum Gasteiger partial charge on any atom is 0.235 e. The first-order chi connectivity index (χ1) is 25.3. The Balaban J connectivity index is 1.26. The minimum atomic E-state index is 0.663. The van der Waals surface area contributed by atoms with Gasteiger partial charge in [-0.15, -0.1) is 0 Å². The summed E-state index contributed by atoms with van der Waals surface area (Å²) in [4.78, 5) is 10.8. The number of hydrogen-bond donors (Lipinski definition) is 0. The van der Waals surface area contributed by atoms with E-state index >= 15 is 0 Å². The van der Waals surface area contributed by atoms with Gasteiger partial charge in [-0.3, -0.25) is 4.57 Å². The maximum absolute atomic E-state index is 5.47. The van der Waals surface area contributed by atoms with Gasteiger partial charge in [0.1, 0.15) is 0 Å². The standard InChI is InChI=1S/C48H29N3/c1-3-13-30(14-4-1)33-19-9-20-34(29-33)47-38-21-7-8-25-40(38)49-48(50-47)51-41-26-12-23-37-36-22-10-17-32-18-11-24-39(43(32)36)44-35(31-15-5-2-6-16-31)27-28-42(51)46(44)45(37)41/h1-29H. The molecular weight excluding hydrogens is 619 g/mol. The van der Waals surface area contributed by atoms with Crippen LogP contribution < -0.4 is 0 Å². The quantitative estimate of drug-likeness (QED) is 0.190. The predicted octanol–water partition coefficient (Wildman–Crippen LogP) is 12.5. The summed E-state index contributed by atoms with van der Waals surface area (Å²) in [5, 5.41) is 6.03. The molecule has 2 aromatic heterocycles. The van der Waals surface area contributed by atoms with Crippen molar-refractivity contribution < 1.29 is 0 Å². The Morgan fingerprint density at radius 2 is 1.00 bits per heavy atom. The lowest BCUT2D eigenvalue weighted by molar-refractivity contribution is 1.01. The van der Waals surface area contributed by atoms with Crippen molar-refractivity contribution in [2.45, 2.75) is 0 Å². The number of para-hydroxylation sites is 1. The molecule has 0 N–H and O–H groups in total. The zero-order chi connectivity index (χ0) is 33.5. The van der Waals surface area contributed by atoms with Crippen LogP contribution in [0.2, 0.25) is 0 Å². The topological polar surface area (TPSA) is 30.7 Å².